The summed E-state index contributed by atoms with van der Waals surface area (Å²) in [5, 5.41) is 32.9. The van der Waals surface area contributed by atoms with Crippen LogP contribution in [0.1, 0.15) is 86.5 Å². The molecule has 0 radical (unpaired) electrons. The molecular formula is C28H46O3. The van der Waals surface area contributed by atoms with E-state index in [2.05, 4.69) is 53.7 Å². The van der Waals surface area contributed by atoms with Crippen LogP contribution in [0.4, 0.5) is 0 Å². The van der Waals surface area contributed by atoms with Crippen LogP contribution >= 0.6 is 0 Å². The van der Waals surface area contributed by atoms with Crippen molar-refractivity contribution in [3.05, 3.63) is 23.8 Å². The maximum Gasteiger partial charge on any atom is 0.102 e. The molecule has 0 spiro atoms. The van der Waals surface area contributed by atoms with Crippen molar-refractivity contribution in [1.82, 2.24) is 0 Å². The van der Waals surface area contributed by atoms with Crippen LogP contribution in [0.3, 0.4) is 0 Å². The van der Waals surface area contributed by atoms with Crippen LogP contribution in [0.5, 0.6) is 0 Å². The molecule has 0 aromatic carbocycles. The molecule has 0 heterocycles. The number of aliphatic hydroxyl groups excluding tert-OH is 2. The molecule has 0 aliphatic heterocycles. The van der Waals surface area contributed by atoms with E-state index in [0.29, 0.717) is 41.9 Å². The highest BCUT2D eigenvalue weighted by Gasteiger charge is 2.64. The Balaban J connectivity index is 1.61. The molecule has 0 aromatic rings. The van der Waals surface area contributed by atoms with Gasteiger partial charge < -0.3 is 15.3 Å². The van der Waals surface area contributed by atoms with Gasteiger partial charge >= 0.3 is 0 Å². The number of hydrogen-bond acceptors (Lipinski definition) is 3. The van der Waals surface area contributed by atoms with E-state index in [9.17, 15) is 15.3 Å². The van der Waals surface area contributed by atoms with Gasteiger partial charge in [-0.25, -0.2) is 0 Å². The van der Waals surface area contributed by atoms with Crippen LogP contribution in [-0.2, 0) is 0 Å². The predicted molar refractivity (Wildman–Crippen MR) is 126 cm³/mol. The first kappa shape index (κ1) is 23.5. The average molecular weight is 431 g/mol. The number of fused-ring (bicyclic) bond motifs is 5. The second kappa shape index (κ2) is 7.99. The number of hydrogen-bond donors (Lipinski definition) is 3. The summed E-state index contributed by atoms with van der Waals surface area (Å²) in [6.07, 6.45) is 12.1. The molecule has 176 valence electrons. The van der Waals surface area contributed by atoms with Crippen LogP contribution in [0.25, 0.3) is 0 Å². The highest BCUT2D eigenvalue weighted by Crippen LogP contribution is 2.67. The number of allylic oxidation sites excluding steroid dienone is 3. The first-order valence-electron chi connectivity index (χ1n) is 12.9. The molecule has 10 atom stereocenters. The van der Waals surface area contributed by atoms with Crippen LogP contribution in [0, 0.1) is 46.3 Å². The standard InChI is InChI=1S/C28H46O3/c1-17(2)18(3)7-8-19(4)22-9-10-23-21-15-25(30)28(31)16-20(29)11-14-27(28,6)24(21)12-13-26(22,23)5/h7-8,15,17-20,22-25,29-31H,9-14,16H2,1-6H3/b8-7+/t18-,19+,20+,22-,23+,24-,25-,26-,27+,28-/m0/s1. The fraction of sp³-hybridized carbons (Fsp3) is 0.857. The Morgan fingerprint density at radius 2 is 1.65 bits per heavy atom. The molecule has 3 saturated carbocycles. The van der Waals surface area contributed by atoms with E-state index >= 15 is 0 Å². The van der Waals surface area contributed by atoms with Gasteiger partial charge in [-0.3, -0.25) is 0 Å². The minimum atomic E-state index is -1.20. The minimum absolute atomic E-state index is 0.271. The third-order valence-corrected chi connectivity index (χ3v) is 10.7. The number of aliphatic hydroxyl groups is 3. The van der Waals surface area contributed by atoms with Crippen molar-refractivity contribution in [3.63, 3.8) is 0 Å². The van der Waals surface area contributed by atoms with Crippen LogP contribution in [0.15, 0.2) is 23.8 Å². The van der Waals surface area contributed by atoms with E-state index in [1.54, 1.807) is 0 Å². The fourth-order valence-corrected chi connectivity index (χ4v) is 8.16. The van der Waals surface area contributed by atoms with Crippen molar-refractivity contribution < 1.29 is 15.3 Å². The monoisotopic (exact) mass is 430 g/mol. The second-order valence-corrected chi connectivity index (χ2v) is 12.5. The molecule has 0 unspecified atom stereocenters. The van der Waals surface area contributed by atoms with Gasteiger partial charge in [-0.05, 0) is 79.4 Å². The summed E-state index contributed by atoms with van der Waals surface area (Å²) in [7, 11) is 0. The Hall–Kier alpha value is -0.640. The first-order chi connectivity index (χ1) is 14.4. The van der Waals surface area contributed by atoms with Crippen LogP contribution < -0.4 is 0 Å². The lowest BCUT2D eigenvalue weighted by atomic mass is 9.45. The van der Waals surface area contributed by atoms with Gasteiger partial charge in [0.2, 0.25) is 0 Å². The molecule has 0 bridgehead atoms. The molecule has 3 nitrogen and oxygen atoms in total. The van der Waals surface area contributed by atoms with Crippen molar-refractivity contribution in [2.75, 3.05) is 0 Å². The van der Waals surface area contributed by atoms with Crippen molar-refractivity contribution in [3.8, 4) is 0 Å². The van der Waals surface area contributed by atoms with Gasteiger partial charge in [0.1, 0.15) is 11.7 Å². The Bertz CT molecular complexity index is 741. The first-order valence-corrected chi connectivity index (χ1v) is 12.9. The summed E-state index contributed by atoms with van der Waals surface area (Å²) in [5.74, 6) is 3.37. The molecule has 0 aromatic heterocycles. The lowest BCUT2D eigenvalue weighted by molar-refractivity contribution is -0.210. The summed E-state index contributed by atoms with van der Waals surface area (Å²) >= 11 is 0. The second-order valence-electron chi connectivity index (χ2n) is 12.5. The fourth-order valence-electron chi connectivity index (χ4n) is 8.16. The summed E-state index contributed by atoms with van der Waals surface area (Å²) in [6, 6.07) is 0. The zero-order chi connectivity index (χ0) is 22.8. The SMILES string of the molecule is CC(C)[C@@H](C)/C=C/[C@@H](C)[C@@H]1CC[C@@H]2C3=C[C@H](O)[C@@]4(O)C[C@H](O)CC[C@]4(C)[C@H]3CC[C@]21C. The summed E-state index contributed by atoms with van der Waals surface area (Å²) in [6.45, 7) is 14.0. The molecule has 3 N–H and O–H groups in total. The highest BCUT2D eigenvalue weighted by atomic mass is 16.3. The van der Waals surface area contributed by atoms with E-state index in [1.165, 1.54) is 24.8 Å². The quantitative estimate of drug-likeness (QED) is 0.516. The lowest BCUT2D eigenvalue weighted by Gasteiger charge is -2.62. The molecule has 0 amide bonds. The van der Waals surface area contributed by atoms with E-state index in [-0.39, 0.29) is 10.8 Å². The zero-order valence-corrected chi connectivity index (χ0v) is 20.6. The third-order valence-electron chi connectivity index (χ3n) is 10.7. The maximum atomic E-state index is 11.6. The largest absolute Gasteiger partial charge is 0.393 e. The smallest absolute Gasteiger partial charge is 0.102 e. The minimum Gasteiger partial charge on any atom is -0.393 e. The van der Waals surface area contributed by atoms with Gasteiger partial charge in [-0.2, -0.15) is 0 Å². The van der Waals surface area contributed by atoms with Gasteiger partial charge in [0.25, 0.3) is 0 Å². The Morgan fingerprint density at radius 1 is 0.935 bits per heavy atom. The maximum absolute atomic E-state index is 11.6. The highest BCUT2D eigenvalue weighted by molar-refractivity contribution is 5.33. The average Bonchev–Trinajstić information content (AvgIpc) is 3.05. The summed E-state index contributed by atoms with van der Waals surface area (Å²) in [5.41, 5.74) is 0.160. The van der Waals surface area contributed by atoms with Gasteiger partial charge in [0, 0.05) is 11.8 Å². The van der Waals surface area contributed by atoms with Crippen molar-refractivity contribution >= 4 is 0 Å². The zero-order valence-electron chi connectivity index (χ0n) is 20.6. The lowest BCUT2D eigenvalue weighted by Crippen LogP contribution is -2.65. The topological polar surface area (TPSA) is 60.7 Å². The van der Waals surface area contributed by atoms with Crippen LogP contribution in [0.2, 0.25) is 0 Å². The Labute approximate surface area is 190 Å². The van der Waals surface area contributed by atoms with E-state index in [4.69, 9.17) is 0 Å². The third kappa shape index (κ3) is 3.49. The van der Waals surface area contributed by atoms with Crippen molar-refractivity contribution in [2.45, 2.75) is 104 Å². The van der Waals surface area contributed by atoms with Gasteiger partial charge in [0.15, 0.2) is 0 Å². The van der Waals surface area contributed by atoms with Crippen molar-refractivity contribution in [2.24, 2.45) is 46.3 Å². The molecule has 4 rings (SSSR count). The molecule has 4 aliphatic rings. The van der Waals surface area contributed by atoms with Gasteiger partial charge in [-0.1, -0.05) is 65.3 Å². The Morgan fingerprint density at radius 3 is 2.32 bits per heavy atom. The molecule has 4 aliphatic carbocycles. The van der Waals surface area contributed by atoms with E-state index in [1.807, 2.05) is 6.08 Å². The predicted octanol–water partition coefficient (Wildman–Crippen LogP) is 5.50. The summed E-state index contributed by atoms with van der Waals surface area (Å²) in [4.78, 5) is 0. The summed E-state index contributed by atoms with van der Waals surface area (Å²) < 4.78 is 0. The van der Waals surface area contributed by atoms with E-state index < -0.39 is 17.8 Å². The normalized spacial score (nSPS) is 49.4. The van der Waals surface area contributed by atoms with Gasteiger partial charge in [0.05, 0.1) is 6.10 Å². The van der Waals surface area contributed by atoms with Gasteiger partial charge in [-0.15, -0.1) is 0 Å². The Kier molecular flexibility index (Phi) is 6.06. The molecular weight excluding hydrogens is 384 g/mol. The number of rotatable bonds is 4. The molecule has 3 heteroatoms. The van der Waals surface area contributed by atoms with Crippen molar-refractivity contribution in [1.29, 1.82) is 0 Å². The van der Waals surface area contributed by atoms with E-state index in [0.717, 1.165) is 19.3 Å². The molecule has 3 fully saturated rings. The van der Waals surface area contributed by atoms with Crippen LogP contribution in [-0.4, -0.2) is 33.1 Å². The molecule has 31 heavy (non-hydrogen) atoms. The molecule has 0 saturated heterocycles.